The largest absolute Gasteiger partial charge is 0.426 e. The van der Waals surface area contributed by atoms with Crippen LogP contribution in [0.4, 0.5) is 13.2 Å². The molecule has 0 bridgehead atoms. The second kappa shape index (κ2) is 7.45. The number of rotatable bonds is 3. The molecular weight excluding hydrogens is 335 g/mol. The van der Waals surface area contributed by atoms with E-state index in [-0.39, 0.29) is 24.5 Å². The van der Waals surface area contributed by atoms with Crippen molar-refractivity contribution in [1.29, 1.82) is 0 Å². The average Bonchev–Trinajstić information content (AvgIpc) is 2.55. The van der Waals surface area contributed by atoms with Gasteiger partial charge in [0.15, 0.2) is 0 Å². The van der Waals surface area contributed by atoms with E-state index in [4.69, 9.17) is 4.74 Å². The van der Waals surface area contributed by atoms with Gasteiger partial charge in [-0.2, -0.15) is 13.2 Å². The van der Waals surface area contributed by atoms with Crippen molar-refractivity contribution in [2.45, 2.75) is 38.8 Å². The van der Waals surface area contributed by atoms with Gasteiger partial charge in [0.05, 0.1) is 11.8 Å². The van der Waals surface area contributed by atoms with E-state index in [1.54, 1.807) is 33.2 Å². The van der Waals surface area contributed by atoms with Crippen molar-refractivity contribution in [2.75, 3.05) is 14.1 Å². The van der Waals surface area contributed by atoms with E-state index in [0.717, 1.165) is 0 Å². The van der Waals surface area contributed by atoms with Crippen LogP contribution in [0, 0.1) is 18.8 Å². The van der Waals surface area contributed by atoms with Crippen molar-refractivity contribution in [3.63, 3.8) is 0 Å². The molecule has 0 N–H and O–H groups in total. The molecule has 1 aliphatic rings. The molecule has 1 saturated carbocycles. The third kappa shape index (κ3) is 4.74. The van der Waals surface area contributed by atoms with Gasteiger partial charge in [0.2, 0.25) is 0 Å². The predicted molar refractivity (Wildman–Crippen MR) is 86.3 cm³/mol. The summed E-state index contributed by atoms with van der Waals surface area (Å²) in [6, 6.07) is 4.73. The minimum Gasteiger partial charge on any atom is -0.426 e. The van der Waals surface area contributed by atoms with Crippen molar-refractivity contribution in [3.8, 4) is 5.75 Å². The lowest BCUT2D eigenvalue weighted by Gasteiger charge is -2.29. The highest BCUT2D eigenvalue weighted by molar-refractivity contribution is 5.94. The maximum Gasteiger partial charge on any atom is 0.391 e. The molecule has 1 fully saturated rings. The molecule has 1 aliphatic carbocycles. The quantitative estimate of drug-likeness (QED) is 0.607. The number of carbonyl (C=O) groups excluding carboxylic acids is 2. The highest BCUT2D eigenvalue weighted by atomic mass is 19.4. The molecule has 0 aromatic heterocycles. The molecule has 7 heteroatoms. The molecule has 1 amide bonds. The zero-order valence-electron chi connectivity index (χ0n) is 14.5. The van der Waals surface area contributed by atoms with E-state index in [0.29, 0.717) is 24.0 Å². The summed E-state index contributed by atoms with van der Waals surface area (Å²) < 4.78 is 44.0. The maximum atomic E-state index is 12.9. The van der Waals surface area contributed by atoms with Crippen molar-refractivity contribution in [3.05, 3.63) is 29.3 Å². The molecule has 0 spiro atoms. The summed E-state index contributed by atoms with van der Waals surface area (Å²) in [5, 5.41) is 0. The van der Waals surface area contributed by atoms with E-state index in [1.807, 2.05) is 0 Å². The predicted octanol–water partition coefficient (Wildman–Crippen LogP) is 3.97. The van der Waals surface area contributed by atoms with Crippen molar-refractivity contribution < 1.29 is 27.5 Å². The van der Waals surface area contributed by atoms with E-state index in [1.165, 1.54) is 11.0 Å². The van der Waals surface area contributed by atoms with Crippen molar-refractivity contribution in [2.24, 2.45) is 11.8 Å². The molecule has 138 valence electrons. The van der Waals surface area contributed by atoms with Gasteiger partial charge < -0.3 is 9.64 Å². The highest BCUT2D eigenvalue weighted by Gasteiger charge is 2.44. The van der Waals surface area contributed by atoms with Crippen LogP contribution in [0.15, 0.2) is 18.2 Å². The number of nitrogens with zero attached hydrogens (tertiary/aromatic N) is 1. The lowest BCUT2D eigenvalue weighted by Crippen LogP contribution is -2.33. The molecule has 1 aromatic carbocycles. The first-order chi connectivity index (χ1) is 11.6. The molecule has 1 aromatic rings. The number of benzene rings is 1. The van der Waals surface area contributed by atoms with Crippen LogP contribution in [0.2, 0.25) is 0 Å². The topological polar surface area (TPSA) is 46.6 Å². The molecule has 2 rings (SSSR count). The number of aryl methyl sites for hydroxylation is 1. The fraction of sp³-hybridized carbons (Fsp3) is 0.556. The van der Waals surface area contributed by atoms with Gasteiger partial charge in [-0.3, -0.25) is 9.59 Å². The van der Waals surface area contributed by atoms with E-state index >= 15 is 0 Å². The van der Waals surface area contributed by atoms with E-state index < -0.39 is 24.0 Å². The van der Waals surface area contributed by atoms with Crippen LogP contribution in [-0.2, 0) is 4.79 Å². The van der Waals surface area contributed by atoms with Gasteiger partial charge >= 0.3 is 12.1 Å². The van der Waals surface area contributed by atoms with Gasteiger partial charge in [-0.05, 0) is 43.9 Å². The Labute approximate surface area is 144 Å². The first-order valence-electron chi connectivity index (χ1n) is 8.20. The number of alkyl halides is 3. The summed E-state index contributed by atoms with van der Waals surface area (Å²) in [6.07, 6.45) is -3.73. The first kappa shape index (κ1) is 19.3. The monoisotopic (exact) mass is 357 g/mol. The summed E-state index contributed by atoms with van der Waals surface area (Å²) in [6.45, 7) is 1.71. The zero-order chi connectivity index (χ0) is 18.8. The number of esters is 1. The maximum absolute atomic E-state index is 12.9. The molecule has 2 atom stereocenters. The second-order valence-corrected chi connectivity index (χ2v) is 6.70. The van der Waals surface area contributed by atoms with Crippen LogP contribution in [0.1, 0.15) is 41.6 Å². The van der Waals surface area contributed by atoms with Crippen LogP contribution in [0.25, 0.3) is 0 Å². The SMILES string of the molecule is Cc1ccc(C(=O)N(C)C)cc1OC(=O)C1CCCC(C(F)(F)F)C1. The molecule has 0 saturated heterocycles. The summed E-state index contributed by atoms with van der Waals surface area (Å²) in [7, 11) is 3.21. The van der Waals surface area contributed by atoms with E-state index in [9.17, 15) is 22.8 Å². The molecule has 0 radical (unpaired) electrons. The smallest absolute Gasteiger partial charge is 0.391 e. The number of carbonyl (C=O) groups is 2. The second-order valence-electron chi connectivity index (χ2n) is 6.70. The Morgan fingerprint density at radius 1 is 1.20 bits per heavy atom. The fourth-order valence-corrected chi connectivity index (χ4v) is 2.99. The van der Waals surface area contributed by atoms with Gasteiger partial charge in [-0.1, -0.05) is 12.5 Å². The van der Waals surface area contributed by atoms with Gasteiger partial charge in [0, 0.05) is 19.7 Å². The Bertz CT molecular complexity index is 655. The van der Waals surface area contributed by atoms with Crippen LogP contribution in [0.5, 0.6) is 5.75 Å². The van der Waals surface area contributed by atoms with Crippen LogP contribution < -0.4 is 4.74 Å². The average molecular weight is 357 g/mol. The Morgan fingerprint density at radius 2 is 1.88 bits per heavy atom. The Hall–Kier alpha value is -2.05. The standard InChI is InChI=1S/C18H22F3NO3/c1-11-7-8-12(16(23)22(2)3)10-15(11)25-17(24)13-5-4-6-14(9-13)18(19,20)21/h7-8,10,13-14H,4-6,9H2,1-3H3. The molecule has 0 aliphatic heterocycles. The number of ether oxygens (including phenoxy) is 1. The lowest BCUT2D eigenvalue weighted by atomic mass is 9.81. The lowest BCUT2D eigenvalue weighted by molar-refractivity contribution is -0.187. The molecule has 2 unspecified atom stereocenters. The number of hydrogen-bond donors (Lipinski definition) is 0. The minimum absolute atomic E-state index is 0.0547. The van der Waals surface area contributed by atoms with Crippen LogP contribution in [-0.4, -0.2) is 37.0 Å². The van der Waals surface area contributed by atoms with Gasteiger partial charge in [-0.15, -0.1) is 0 Å². The highest BCUT2D eigenvalue weighted by Crippen LogP contribution is 2.40. The number of hydrogen-bond acceptors (Lipinski definition) is 3. The Balaban J connectivity index is 2.12. The van der Waals surface area contributed by atoms with Gasteiger partial charge in [0.25, 0.3) is 5.91 Å². The van der Waals surface area contributed by atoms with Crippen LogP contribution >= 0.6 is 0 Å². The van der Waals surface area contributed by atoms with Gasteiger partial charge in [0.1, 0.15) is 5.75 Å². The van der Waals surface area contributed by atoms with Crippen molar-refractivity contribution >= 4 is 11.9 Å². The normalized spacial score (nSPS) is 20.9. The first-order valence-corrected chi connectivity index (χ1v) is 8.20. The zero-order valence-corrected chi connectivity index (χ0v) is 14.5. The van der Waals surface area contributed by atoms with Crippen LogP contribution in [0.3, 0.4) is 0 Å². The number of amides is 1. The molecule has 4 nitrogen and oxygen atoms in total. The third-order valence-corrected chi connectivity index (χ3v) is 4.52. The van der Waals surface area contributed by atoms with Crippen molar-refractivity contribution in [1.82, 2.24) is 4.90 Å². The molecule has 0 heterocycles. The summed E-state index contributed by atoms with van der Waals surface area (Å²) in [5.41, 5.74) is 1.00. The fourth-order valence-electron chi connectivity index (χ4n) is 2.99. The third-order valence-electron chi connectivity index (χ3n) is 4.52. The Morgan fingerprint density at radius 3 is 2.48 bits per heavy atom. The minimum atomic E-state index is -4.28. The molecule has 25 heavy (non-hydrogen) atoms. The van der Waals surface area contributed by atoms with Gasteiger partial charge in [-0.25, -0.2) is 0 Å². The number of halogens is 3. The Kier molecular flexibility index (Phi) is 5.75. The molecular formula is C18H22F3NO3. The summed E-state index contributed by atoms with van der Waals surface area (Å²) in [5.74, 6) is -2.92. The summed E-state index contributed by atoms with van der Waals surface area (Å²) >= 11 is 0. The summed E-state index contributed by atoms with van der Waals surface area (Å²) in [4.78, 5) is 25.7. The van der Waals surface area contributed by atoms with E-state index in [2.05, 4.69) is 0 Å².